The maximum absolute atomic E-state index is 12.6. The predicted molar refractivity (Wildman–Crippen MR) is 106 cm³/mol. The molecule has 0 radical (unpaired) electrons. The van der Waals surface area contributed by atoms with Crippen LogP contribution in [-0.4, -0.2) is 35.6 Å². The van der Waals surface area contributed by atoms with Gasteiger partial charge in [-0.2, -0.15) is 0 Å². The highest BCUT2D eigenvalue weighted by Crippen LogP contribution is 2.39. The molecule has 5 heteroatoms. The zero-order chi connectivity index (χ0) is 19.6. The van der Waals surface area contributed by atoms with Gasteiger partial charge in [0.05, 0.1) is 11.1 Å². The number of ketones is 1. The van der Waals surface area contributed by atoms with E-state index in [1.807, 2.05) is 60.5 Å². The third-order valence-electron chi connectivity index (χ3n) is 4.86. The molecule has 0 heterocycles. The lowest BCUT2D eigenvalue weighted by molar-refractivity contribution is -0.137. The molecule has 2 aliphatic rings. The van der Waals surface area contributed by atoms with Gasteiger partial charge in [0.15, 0.2) is 0 Å². The number of carboxylic acids is 1. The Labute approximate surface area is 158 Å². The lowest BCUT2D eigenvalue weighted by Gasteiger charge is -2.25. The first-order valence-electron chi connectivity index (χ1n) is 9.01. The Morgan fingerprint density at radius 1 is 1.11 bits per heavy atom. The number of anilines is 1. The van der Waals surface area contributed by atoms with Gasteiger partial charge < -0.3 is 15.1 Å². The van der Waals surface area contributed by atoms with Crippen LogP contribution < -0.4 is 4.90 Å². The number of aliphatic hydroxyl groups is 1. The quantitative estimate of drug-likeness (QED) is 0.748. The molecule has 2 N–H and O–H groups in total. The molecule has 0 aliphatic heterocycles. The smallest absolute Gasteiger partial charge is 0.303 e. The topological polar surface area (TPSA) is 77.8 Å². The van der Waals surface area contributed by atoms with Gasteiger partial charge in [-0.15, -0.1) is 0 Å². The zero-order valence-corrected chi connectivity index (χ0v) is 15.5. The molecule has 0 spiro atoms. The molecule has 0 amide bonds. The molecule has 5 nitrogen and oxygen atoms in total. The van der Waals surface area contributed by atoms with Crippen LogP contribution in [0.3, 0.4) is 0 Å². The van der Waals surface area contributed by atoms with Crippen LogP contribution in [0.1, 0.15) is 25.3 Å². The number of rotatable bonds is 6. The van der Waals surface area contributed by atoms with Crippen LogP contribution in [0, 0.1) is 5.92 Å². The summed E-state index contributed by atoms with van der Waals surface area (Å²) in [4.78, 5) is 25.1. The van der Waals surface area contributed by atoms with Gasteiger partial charge in [0.2, 0.25) is 5.78 Å². The predicted octanol–water partition coefficient (Wildman–Crippen LogP) is 3.90. The number of carbonyl (C=O) groups excluding carboxylic acids is 1. The van der Waals surface area contributed by atoms with Crippen molar-refractivity contribution < 1.29 is 19.8 Å². The van der Waals surface area contributed by atoms with Crippen LogP contribution in [0.4, 0.5) is 5.69 Å². The number of hydrogen-bond acceptors (Lipinski definition) is 4. The second kappa shape index (κ2) is 7.66. The summed E-state index contributed by atoms with van der Waals surface area (Å²) in [7, 11) is 1.90. The van der Waals surface area contributed by atoms with Crippen molar-refractivity contribution in [2.45, 2.75) is 19.8 Å². The minimum atomic E-state index is -0.799. The van der Waals surface area contributed by atoms with Gasteiger partial charge in [0.1, 0.15) is 5.76 Å². The first kappa shape index (κ1) is 18.7. The van der Waals surface area contributed by atoms with Gasteiger partial charge in [-0.1, -0.05) is 43.4 Å². The van der Waals surface area contributed by atoms with Crippen molar-refractivity contribution in [3.8, 4) is 0 Å². The van der Waals surface area contributed by atoms with Gasteiger partial charge in [-0.25, -0.2) is 0 Å². The van der Waals surface area contributed by atoms with E-state index in [0.29, 0.717) is 35.6 Å². The maximum atomic E-state index is 12.6. The van der Waals surface area contributed by atoms with Gasteiger partial charge in [-0.3, -0.25) is 9.59 Å². The Balaban J connectivity index is 1.75. The van der Waals surface area contributed by atoms with Crippen molar-refractivity contribution in [2.24, 2.45) is 5.92 Å². The SMILES string of the molecule is CC1C=CC(=C2C(=O)C(c3ccc(N(C)CCCC(=O)O)cc3)=C2O)C=C1. The molecule has 0 bridgehead atoms. The summed E-state index contributed by atoms with van der Waals surface area (Å²) in [5.74, 6) is -0.572. The van der Waals surface area contributed by atoms with Crippen molar-refractivity contribution in [2.75, 3.05) is 18.5 Å². The van der Waals surface area contributed by atoms with Crippen LogP contribution in [0.15, 0.2) is 65.5 Å². The van der Waals surface area contributed by atoms with Crippen molar-refractivity contribution in [1.29, 1.82) is 0 Å². The maximum Gasteiger partial charge on any atom is 0.303 e. The summed E-state index contributed by atoms with van der Waals surface area (Å²) in [6.45, 7) is 2.68. The van der Waals surface area contributed by atoms with Crippen molar-refractivity contribution in [1.82, 2.24) is 0 Å². The first-order valence-corrected chi connectivity index (χ1v) is 9.01. The van der Waals surface area contributed by atoms with Gasteiger partial charge in [0.25, 0.3) is 0 Å². The van der Waals surface area contributed by atoms with E-state index in [2.05, 4.69) is 6.92 Å². The normalized spacial score (nSPS) is 18.7. The van der Waals surface area contributed by atoms with E-state index in [9.17, 15) is 14.7 Å². The molecule has 0 fully saturated rings. The van der Waals surface area contributed by atoms with Gasteiger partial charge in [-0.05, 0) is 35.6 Å². The second-order valence-corrected chi connectivity index (χ2v) is 6.93. The molecular formula is C22H23NO4. The Bertz CT molecular complexity index is 871. The second-order valence-electron chi connectivity index (χ2n) is 6.93. The minimum absolute atomic E-state index is 0.0430. The minimum Gasteiger partial charge on any atom is -0.506 e. The molecule has 0 aromatic heterocycles. The fourth-order valence-corrected chi connectivity index (χ4v) is 3.21. The molecule has 140 valence electrons. The molecular weight excluding hydrogens is 342 g/mol. The highest BCUT2D eigenvalue weighted by atomic mass is 16.4. The summed E-state index contributed by atoms with van der Waals surface area (Å²) in [5, 5.41) is 19.1. The van der Waals surface area contributed by atoms with Crippen LogP contribution >= 0.6 is 0 Å². The summed E-state index contributed by atoms with van der Waals surface area (Å²) in [6.07, 6.45) is 8.44. The number of aliphatic carboxylic acids is 1. The molecule has 0 saturated heterocycles. The van der Waals surface area contributed by atoms with Crippen LogP contribution in [0.2, 0.25) is 0 Å². The van der Waals surface area contributed by atoms with Gasteiger partial charge >= 0.3 is 5.97 Å². The Kier molecular flexibility index (Phi) is 5.31. The Morgan fingerprint density at radius 3 is 2.30 bits per heavy atom. The van der Waals surface area contributed by atoms with E-state index in [4.69, 9.17) is 5.11 Å². The molecule has 1 aromatic carbocycles. The number of carbonyl (C=O) groups is 2. The van der Waals surface area contributed by atoms with Crippen molar-refractivity contribution in [3.63, 3.8) is 0 Å². The summed E-state index contributed by atoms with van der Waals surface area (Å²) in [5.41, 5.74) is 3.08. The number of aliphatic hydroxyl groups excluding tert-OH is 1. The highest BCUT2D eigenvalue weighted by Gasteiger charge is 2.36. The van der Waals surface area contributed by atoms with E-state index in [0.717, 1.165) is 11.3 Å². The third kappa shape index (κ3) is 3.87. The molecule has 0 unspecified atom stereocenters. The zero-order valence-electron chi connectivity index (χ0n) is 15.5. The molecule has 27 heavy (non-hydrogen) atoms. The number of carboxylic acid groups (broad SMARTS) is 1. The van der Waals surface area contributed by atoms with E-state index in [-0.39, 0.29) is 18.0 Å². The summed E-state index contributed by atoms with van der Waals surface area (Å²) < 4.78 is 0. The largest absolute Gasteiger partial charge is 0.506 e. The van der Waals surface area contributed by atoms with Crippen LogP contribution in [0.5, 0.6) is 0 Å². The molecule has 3 rings (SSSR count). The number of benzene rings is 1. The van der Waals surface area contributed by atoms with Crippen molar-refractivity contribution in [3.05, 3.63) is 71.0 Å². The number of nitrogens with zero attached hydrogens (tertiary/aromatic N) is 1. The highest BCUT2D eigenvalue weighted by molar-refractivity contribution is 6.39. The van der Waals surface area contributed by atoms with Crippen molar-refractivity contribution >= 4 is 23.0 Å². The van der Waals surface area contributed by atoms with E-state index >= 15 is 0 Å². The molecule has 1 aromatic rings. The van der Waals surface area contributed by atoms with Gasteiger partial charge in [0, 0.05) is 25.7 Å². The molecule has 0 atom stereocenters. The average Bonchev–Trinajstić information content (AvgIpc) is 2.64. The van der Waals surface area contributed by atoms with E-state index in [1.165, 1.54) is 0 Å². The summed E-state index contributed by atoms with van der Waals surface area (Å²) in [6, 6.07) is 7.36. The summed E-state index contributed by atoms with van der Waals surface area (Å²) >= 11 is 0. The Morgan fingerprint density at radius 2 is 1.74 bits per heavy atom. The fourth-order valence-electron chi connectivity index (χ4n) is 3.21. The molecule has 2 aliphatic carbocycles. The first-order chi connectivity index (χ1) is 12.9. The lowest BCUT2D eigenvalue weighted by Crippen LogP contribution is -2.23. The van der Waals surface area contributed by atoms with Crippen LogP contribution in [0.25, 0.3) is 5.57 Å². The molecule has 0 saturated carbocycles. The third-order valence-corrected chi connectivity index (χ3v) is 4.86. The lowest BCUT2D eigenvalue weighted by atomic mass is 9.80. The standard InChI is InChI=1S/C22H23NO4/c1-14-5-7-15(8-6-14)19-21(26)20(22(19)27)16-9-11-17(12-10-16)23(2)13-3-4-18(24)25/h5-12,14,26H,3-4,13H2,1-2H3,(H,24,25). The van der Waals surface area contributed by atoms with Crippen LogP contribution in [-0.2, 0) is 9.59 Å². The van der Waals surface area contributed by atoms with E-state index < -0.39 is 5.97 Å². The fraction of sp³-hybridized carbons (Fsp3) is 0.273. The van der Waals surface area contributed by atoms with E-state index in [1.54, 1.807) is 0 Å². The Hall–Kier alpha value is -3.08. The average molecular weight is 365 g/mol. The number of Topliss-reactive ketones (excluding diaryl/α,β-unsaturated/α-hetero) is 1. The number of allylic oxidation sites excluding steroid dienone is 7. The number of hydrogen-bond donors (Lipinski definition) is 2. The monoisotopic (exact) mass is 365 g/mol.